The van der Waals surface area contributed by atoms with Gasteiger partial charge in [-0.2, -0.15) is 5.26 Å². The number of aryl methyl sites for hydroxylation is 4. The molecule has 0 spiro atoms. The summed E-state index contributed by atoms with van der Waals surface area (Å²) >= 11 is 0. The molecule has 0 bridgehead atoms. The molecule has 3 heterocycles. The highest BCUT2D eigenvalue weighted by molar-refractivity contribution is 5.79. The molecule has 0 aliphatic heterocycles. The fourth-order valence-electron chi connectivity index (χ4n) is 3.91. The van der Waals surface area contributed by atoms with Gasteiger partial charge < -0.3 is 14.9 Å². The van der Waals surface area contributed by atoms with E-state index in [1.54, 1.807) is 12.1 Å². The monoisotopic (exact) mass is 448 g/mol. The lowest BCUT2D eigenvalue weighted by atomic mass is 9.99. The molecule has 0 aliphatic rings. The molecule has 0 atom stereocenters. The van der Waals surface area contributed by atoms with E-state index >= 15 is 0 Å². The molecule has 6 heteroatoms. The molecule has 5 rings (SSSR count). The molecule has 0 unspecified atom stereocenters. The third-order valence-corrected chi connectivity index (χ3v) is 6.00. The van der Waals surface area contributed by atoms with Gasteiger partial charge in [-0.05, 0) is 105 Å². The predicted octanol–water partition coefficient (Wildman–Crippen LogP) is 6.50. The first-order valence-electron chi connectivity index (χ1n) is 11.1. The minimum atomic E-state index is 0.561. The SMILES string of the molecule is Cc1cc(-c2ccc[nH]2)cc(C)c1C.Cc1nc(Nc2ccc(C#N)cc2)nc2ccn(C)c12. The molecule has 0 fully saturated rings. The predicted molar refractivity (Wildman–Crippen MR) is 138 cm³/mol. The molecular weight excluding hydrogens is 420 g/mol. The quantitative estimate of drug-likeness (QED) is 0.330. The lowest BCUT2D eigenvalue weighted by Gasteiger charge is -2.07. The molecule has 0 radical (unpaired) electrons. The number of H-pyrrole nitrogens is 1. The van der Waals surface area contributed by atoms with Crippen LogP contribution in [0.25, 0.3) is 22.3 Å². The number of rotatable bonds is 3. The highest BCUT2D eigenvalue weighted by Gasteiger charge is 2.08. The molecule has 5 aromatic rings. The zero-order chi connectivity index (χ0) is 24.2. The molecule has 3 aromatic heterocycles. The van der Waals surface area contributed by atoms with Gasteiger partial charge in [-0.3, -0.25) is 0 Å². The molecule has 170 valence electrons. The van der Waals surface area contributed by atoms with E-state index in [-0.39, 0.29) is 0 Å². The number of aromatic amines is 1. The fraction of sp³-hybridized carbons (Fsp3) is 0.179. The molecule has 0 amide bonds. The van der Waals surface area contributed by atoms with E-state index in [0.717, 1.165) is 22.4 Å². The van der Waals surface area contributed by atoms with Crippen LogP contribution in [0, 0.1) is 39.0 Å². The minimum absolute atomic E-state index is 0.561. The first-order valence-corrected chi connectivity index (χ1v) is 11.1. The summed E-state index contributed by atoms with van der Waals surface area (Å²) in [6.45, 7) is 8.46. The van der Waals surface area contributed by atoms with Gasteiger partial charge >= 0.3 is 0 Å². The van der Waals surface area contributed by atoms with Crippen molar-refractivity contribution in [3.05, 3.63) is 94.9 Å². The van der Waals surface area contributed by atoms with Crippen LogP contribution in [0.4, 0.5) is 11.6 Å². The van der Waals surface area contributed by atoms with Gasteiger partial charge in [0.2, 0.25) is 5.95 Å². The van der Waals surface area contributed by atoms with Crippen molar-refractivity contribution in [1.82, 2.24) is 19.5 Å². The molecule has 2 aromatic carbocycles. The van der Waals surface area contributed by atoms with Gasteiger partial charge in [-0.15, -0.1) is 0 Å². The topological polar surface area (TPSA) is 82.3 Å². The van der Waals surface area contributed by atoms with Crippen molar-refractivity contribution in [2.24, 2.45) is 7.05 Å². The maximum atomic E-state index is 8.78. The smallest absolute Gasteiger partial charge is 0.228 e. The van der Waals surface area contributed by atoms with Gasteiger partial charge in [-0.25, -0.2) is 9.97 Å². The van der Waals surface area contributed by atoms with Gasteiger partial charge in [-0.1, -0.05) is 0 Å². The average molecular weight is 449 g/mol. The van der Waals surface area contributed by atoms with Crippen LogP contribution in [0.1, 0.15) is 27.9 Å². The van der Waals surface area contributed by atoms with Crippen LogP contribution < -0.4 is 5.32 Å². The number of fused-ring (bicyclic) bond motifs is 1. The van der Waals surface area contributed by atoms with E-state index in [1.165, 1.54) is 27.9 Å². The van der Waals surface area contributed by atoms with E-state index in [0.29, 0.717) is 11.5 Å². The Morgan fingerprint density at radius 1 is 0.941 bits per heavy atom. The zero-order valence-electron chi connectivity index (χ0n) is 20.1. The average Bonchev–Trinajstić information content (AvgIpc) is 3.49. The third kappa shape index (κ3) is 4.84. The van der Waals surface area contributed by atoms with Crippen LogP contribution in [0.3, 0.4) is 0 Å². The van der Waals surface area contributed by atoms with E-state index in [4.69, 9.17) is 5.26 Å². The molecule has 2 N–H and O–H groups in total. The number of aromatic nitrogens is 4. The second-order valence-electron chi connectivity index (χ2n) is 8.43. The van der Waals surface area contributed by atoms with Crippen molar-refractivity contribution in [2.45, 2.75) is 27.7 Å². The standard InChI is InChI=1S/C15H13N5.C13H15N/c1-10-14-13(7-8-20(14)2)19-15(17-10)18-12-5-3-11(9-16)4-6-12;1-9-7-12(8-10(2)11(9)3)13-5-4-6-14-13/h3-8H,1-2H3,(H,17,18,19);4-8,14H,1-3H3. The zero-order valence-corrected chi connectivity index (χ0v) is 20.1. The van der Waals surface area contributed by atoms with Crippen molar-refractivity contribution in [3.63, 3.8) is 0 Å². The lowest BCUT2D eigenvalue weighted by molar-refractivity contribution is 0.953. The van der Waals surface area contributed by atoms with Crippen molar-refractivity contribution in [1.29, 1.82) is 5.26 Å². The van der Waals surface area contributed by atoms with E-state index in [9.17, 15) is 0 Å². The van der Waals surface area contributed by atoms with Crippen LogP contribution in [0.15, 0.2) is 67.0 Å². The number of benzene rings is 2. The number of nitrogens with one attached hydrogen (secondary N) is 2. The number of nitrogens with zero attached hydrogens (tertiary/aromatic N) is 4. The Morgan fingerprint density at radius 3 is 2.26 bits per heavy atom. The van der Waals surface area contributed by atoms with Crippen molar-refractivity contribution >= 4 is 22.7 Å². The summed E-state index contributed by atoms with van der Waals surface area (Å²) in [6.07, 6.45) is 3.93. The number of hydrogen-bond donors (Lipinski definition) is 2. The maximum Gasteiger partial charge on any atom is 0.228 e. The highest BCUT2D eigenvalue weighted by Crippen LogP contribution is 2.23. The molecular formula is C28H28N6. The minimum Gasteiger partial charge on any atom is -0.361 e. The maximum absolute atomic E-state index is 8.78. The summed E-state index contributed by atoms with van der Waals surface area (Å²) in [5, 5.41) is 11.9. The van der Waals surface area contributed by atoms with Crippen molar-refractivity contribution in [2.75, 3.05) is 5.32 Å². The van der Waals surface area contributed by atoms with Gasteiger partial charge in [0.1, 0.15) is 0 Å². The first-order chi connectivity index (χ1) is 16.4. The normalized spacial score (nSPS) is 10.5. The summed E-state index contributed by atoms with van der Waals surface area (Å²) < 4.78 is 2.01. The van der Waals surface area contributed by atoms with Crippen LogP contribution in [-0.4, -0.2) is 19.5 Å². The summed E-state index contributed by atoms with van der Waals surface area (Å²) in [5.41, 5.74) is 10.9. The number of anilines is 2. The summed E-state index contributed by atoms with van der Waals surface area (Å²) in [4.78, 5) is 12.2. The summed E-state index contributed by atoms with van der Waals surface area (Å²) in [5.74, 6) is 0.561. The highest BCUT2D eigenvalue weighted by atomic mass is 15.1. The van der Waals surface area contributed by atoms with Crippen LogP contribution in [0.5, 0.6) is 0 Å². The molecule has 34 heavy (non-hydrogen) atoms. The van der Waals surface area contributed by atoms with E-state index < -0.39 is 0 Å². The van der Waals surface area contributed by atoms with Crippen molar-refractivity contribution < 1.29 is 0 Å². The summed E-state index contributed by atoms with van der Waals surface area (Å²) in [7, 11) is 1.98. The Hall–Kier alpha value is -4.37. The van der Waals surface area contributed by atoms with E-state index in [1.807, 2.05) is 55.2 Å². The first kappa shape index (κ1) is 22.8. The van der Waals surface area contributed by atoms with Gasteiger partial charge in [0.15, 0.2) is 0 Å². The Morgan fingerprint density at radius 2 is 1.65 bits per heavy atom. The largest absolute Gasteiger partial charge is 0.361 e. The fourth-order valence-corrected chi connectivity index (χ4v) is 3.91. The second-order valence-corrected chi connectivity index (χ2v) is 8.43. The lowest BCUT2D eigenvalue weighted by Crippen LogP contribution is -2.00. The Kier molecular flexibility index (Phi) is 6.46. The molecule has 0 aliphatic carbocycles. The Balaban J connectivity index is 0.000000172. The molecule has 6 nitrogen and oxygen atoms in total. The van der Waals surface area contributed by atoms with Gasteiger partial charge in [0.25, 0.3) is 0 Å². The van der Waals surface area contributed by atoms with Crippen molar-refractivity contribution in [3.8, 4) is 17.3 Å². The number of nitriles is 1. The van der Waals surface area contributed by atoms with Crippen LogP contribution in [-0.2, 0) is 7.05 Å². The second kappa shape index (κ2) is 9.63. The summed E-state index contributed by atoms with van der Waals surface area (Å²) in [6, 6.07) is 19.8. The third-order valence-electron chi connectivity index (χ3n) is 6.00. The van der Waals surface area contributed by atoms with Crippen LogP contribution >= 0.6 is 0 Å². The Labute approximate surface area is 199 Å². The van der Waals surface area contributed by atoms with E-state index in [2.05, 4.69) is 65.3 Å². The molecule has 0 saturated carbocycles. The van der Waals surface area contributed by atoms with Gasteiger partial charge in [0.05, 0.1) is 28.4 Å². The van der Waals surface area contributed by atoms with Gasteiger partial charge in [0, 0.05) is 30.8 Å². The van der Waals surface area contributed by atoms with Crippen LogP contribution in [0.2, 0.25) is 0 Å². The Bertz CT molecular complexity index is 1450. The molecule has 0 saturated heterocycles. The number of hydrogen-bond acceptors (Lipinski definition) is 4.